The van der Waals surface area contributed by atoms with Crippen LogP contribution in [0.15, 0.2) is 29.3 Å². The van der Waals surface area contributed by atoms with Gasteiger partial charge in [0, 0.05) is 31.7 Å². The summed E-state index contributed by atoms with van der Waals surface area (Å²) in [5.74, 6) is 1.07. The van der Waals surface area contributed by atoms with Gasteiger partial charge in [-0.25, -0.2) is 4.99 Å². The molecule has 2 amide bonds. The molecule has 0 unspecified atom stereocenters. The lowest BCUT2D eigenvalue weighted by atomic mass is 10.1. The fraction of sp³-hybridized carbons (Fsp3) is 0.571. The monoisotopic (exact) mass is 387 g/mol. The van der Waals surface area contributed by atoms with Crippen molar-refractivity contribution in [2.75, 3.05) is 31.5 Å². The van der Waals surface area contributed by atoms with Gasteiger partial charge in [-0.05, 0) is 43.4 Å². The summed E-state index contributed by atoms with van der Waals surface area (Å²) in [5, 5.41) is 9.21. The molecule has 0 aliphatic carbocycles. The average molecular weight is 388 g/mol. The van der Waals surface area contributed by atoms with Crippen molar-refractivity contribution in [3.63, 3.8) is 0 Å². The number of likely N-dealkylation sites (tertiary alicyclic amines) is 1. The Balaban J connectivity index is 1.91. The average Bonchev–Trinajstić information content (AvgIpc) is 3.18. The Kier molecular flexibility index (Phi) is 8.78. The van der Waals surface area contributed by atoms with E-state index >= 15 is 0 Å². The summed E-state index contributed by atoms with van der Waals surface area (Å²) in [7, 11) is 0. The van der Waals surface area contributed by atoms with Crippen molar-refractivity contribution in [1.29, 1.82) is 0 Å². The molecule has 1 heterocycles. The first-order valence-corrected chi connectivity index (χ1v) is 10.2. The fourth-order valence-corrected chi connectivity index (χ4v) is 3.08. The van der Waals surface area contributed by atoms with Gasteiger partial charge in [0.1, 0.15) is 0 Å². The van der Waals surface area contributed by atoms with Crippen LogP contribution in [0.5, 0.6) is 0 Å². The van der Waals surface area contributed by atoms with Crippen molar-refractivity contribution in [3.05, 3.63) is 29.8 Å². The lowest BCUT2D eigenvalue weighted by molar-refractivity contribution is -0.128. The Morgan fingerprint density at radius 2 is 1.93 bits per heavy atom. The van der Waals surface area contributed by atoms with Gasteiger partial charge in [0.25, 0.3) is 0 Å². The number of carbonyl (C=O) groups is 2. The first-order chi connectivity index (χ1) is 13.5. The summed E-state index contributed by atoms with van der Waals surface area (Å²) in [6.45, 7) is 9.16. The molecular weight excluding hydrogens is 354 g/mol. The molecule has 0 atom stereocenters. The second-order valence-electron chi connectivity index (χ2n) is 7.48. The van der Waals surface area contributed by atoms with E-state index in [2.05, 4.69) is 20.9 Å². The quantitative estimate of drug-likeness (QED) is 0.472. The van der Waals surface area contributed by atoms with Gasteiger partial charge >= 0.3 is 0 Å². The van der Waals surface area contributed by atoms with Crippen LogP contribution >= 0.6 is 0 Å². The van der Waals surface area contributed by atoms with E-state index in [9.17, 15) is 9.59 Å². The van der Waals surface area contributed by atoms with E-state index in [1.54, 1.807) is 0 Å². The van der Waals surface area contributed by atoms with E-state index in [-0.39, 0.29) is 18.4 Å². The molecule has 28 heavy (non-hydrogen) atoms. The fourth-order valence-electron chi connectivity index (χ4n) is 3.08. The maximum atomic E-state index is 12.2. The highest BCUT2D eigenvalue weighted by Crippen LogP contribution is 2.13. The second-order valence-corrected chi connectivity index (χ2v) is 7.48. The minimum absolute atomic E-state index is 0.0195. The zero-order valence-electron chi connectivity index (χ0n) is 17.3. The highest BCUT2D eigenvalue weighted by molar-refractivity contribution is 5.91. The van der Waals surface area contributed by atoms with Crippen LogP contribution in [0.4, 0.5) is 5.69 Å². The summed E-state index contributed by atoms with van der Waals surface area (Å²) in [5.41, 5.74) is 1.77. The molecule has 0 bridgehead atoms. The molecule has 3 N–H and O–H groups in total. The maximum Gasteiger partial charge on any atom is 0.241 e. The zero-order valence-corrected chi connectivity index (χ0v) is 17.3. The van der Waals surface area contributed by atoms with Crippen LogP contribution in [0.25, 0.3) is 0 Å². The van der Waals surface area contributed by atoms with Crippen molar-refractivity contribution < 1.29 is 9.59 Å². The lowest BCUT2D eigenvalue weighted by Crippen LogP contribution is -2.44. The number of nitrogens with zero attached hydrogens (tertiary/aromatic N) is 2. The van der Waals surface area contributed by atoms with E-state index in [4.69, 9.17) is 0 Å². The Morgan fingerprint density at radius 3 is 2.61 bits per heavy atom. The molecule has 7 heteroatoms. The first kappa shape index (κ1) is 21.7. The first-order valence-electron chi connectivity index (χ1n) is 10.2. The minimum Gasteiger partial charge on any atom is -0.357 e. The summed E-state index contributed by atoms with van der Waals surface area (Å²) in [6, 6.07) is 7.69. The summed E-state index contributed by atoms with van der Waals surface area (Å²) < 4.78 is 0. The molecule has 0 saturated carbocycles. The molecule has 1 aliphatic rings. The van der Waals surface area contributed by atoms with Gasteiger partial charge in [-0.2, -0.15) is 0 Å². The van der Waals surface area contributed by atoms with Crippen LogP contribution in [-0.2, 0) is 16.1 Å². The number of benzene rings is 1. The Bertz CT molecular complexity index is 681. The van der Waals surface area contributed by atoms with Crippen LogP contribution in [0, 0.1) is 5.92 Å². The van der Waals surface area contributed by atoms with Crippen molar-refractivity contribution in [2.45, 2.75) is 46.6 Å². The third kappa shape index (κ3) is 7.58. The van der Waals surface area contributed by atoms with Crippen molar-refractivity contribution in [1.82, 2.24) is 15.5 Å². The SMILES string of the molecule is CCNC(=NCc1cccc(NC(=O)CC(C)C)c1)NCC(=O)N1CCCC1. The van der Waals surface area contributed by atoms with Gasteiger partial charge in [0.2, 0.25) is 11.8 Å². The number of aliphatic imine (C=N–C) groups is 1. The van der Waals surface area contributed by atoms with Crippen molar-refractivity contribution in [2.24, 2.45) is 10.9 Å². The van der Waals surface area contributed by atoms with Crippen molar-refractivity contribution >= 4 is 23.5 Å². The molecule has 1 aliphatic heterocycles. The zero-order chi connectivity index (χ0) is 20.4. The molecule has 1 aromatic rings. The number of carbonyl (C=O) groups excluding carboxylic acids is 2. The Labute approximate surface area is 168 Å². The number of hydrogen-bond donors (Lipinski definition) is 3. The normalized spacial score (nSPS) is 14.3. The third-order valence-corrected chi connectivity index (χ3v) is 4.43. The van der Waals surface area contributed by atoms with Gasteiger partial charge in [0.05, 0.1) is 13.1 Å². The van der Waals surface area contributed by atoms with Crippen LogP contribution in [0.2, 0.25) is 0 Å². The molecule has 0 aromatic heterocycles. The minimum atomic E-state index is 0.0195. The number of anilines is 1. The predicted molar refractivity (Wildman–Crippen MR) is 113 cm³/mol. The van der Waals surface area contributed by atoms with Gasteiger partial charge in [-0.1, -0.05) is 26.0 Å². The molecular formula is C21H33N5O2. The predicted octanol–water partition coefficient (Wildman–Crippen LogP) is 2.35. The van der Waals surface area contributed by atoms with E-state index in [1.807, 2.05) is 49.9 Å². The van der Waals surface area contributed by atoms with Crippen LogP contribution in [0.3, 0.4) is 0 Å². The van der Waals surface area contributed by atoms with Gasteiger partial charge in [-0.15, -0.1) is 0 Å². The van der Waals surface area contributed by atoms with E-state index in [1.165, 1.54) is 0 Å². The highest BCUT2D eigenvalue weighted by atomic mass is 16.2. The molecule has 2 rings (SSSR count). The Morgan fingerprint density at radius 1 is 1.18 bits per heavy atom. The van der Waals surface area contributed by atoms with Crippen LogP contribution in [-0.4, -0.2) is 48.9 Å². The summed E-state index contributed by atoms with van der Waals surface area (Å²) in [4.78, 5) is 30.6. The van der Waals surface area contributed by atoms with Crippen LogP contribution < -0.4 is 16.0 Å². The largest absolute Gasteiger partial charge is 0.357 e. The molecule has 7 nitrogen and oxygen atoms in total. The number of hydrogen-bond acceptors (Lipinski definition) is 3. The smallest absolute Gasteiger partial charge is 0.241 e. The number of guanidine groups is 1. The van der Waals surface area contributed by atoms with E-state index < -0.39 is 0 Å². The van der Waals surface area contributed by atoms with Gasteiger partial charge < -0.3 is 20.9 Å². The number of rotatable bonds is 8. The number of amides is 2. The molecule has 1 saturated heterocycles. The molecule has 1 aromatic carbocycles. The molecule has 0 radical (unpaired) electrons. The lowest BCUT2D eigenvalue weighted by Gasteiger charge is -2.17. The van der Waals surface area contributed by atoms with E-state index in [0.29, 0.717) is 24.8 Å². The topological polar surface area (TPSA) is 85.8 Å². The standard InChI is InChI=1S/C21H33N5O2/c1-4-22-21(24-15-20(28)26-10-5-6-11-26)23-14-17-8-7-9-18(13-17)25-19(27)12-16(2)3/h7-9,13,16H,4-6,10-12,14-15H2,1-3H3,(H,25,27)(H2,22,23,24). The van der Waals surface area contributed by atoms with E-state index in [0.717, 1.165) is 43.7 Å². The number of nitrogens with one attached hydrogen (secondary N) is 3. The third-order valence-electron chi connectivity index (χ3n) is 4.43. The van der Waals surface area contributed by atoms with Crippen molar-refractivity contribution in [3.8, 4) is 0 Å². The highest BCUT2D eigenvalue weighted by Gasteiger charge is 2.17. The molecule has 0 spiro atoms. The molecule has 1 fully saturated rings. The van der Waals surface area contributed by atoms with Crippen LogP contribution in [0.1, 0.15) is 45.6 Å². The van der Waals surface area contributed by atoms with Gasteiger partial charge in [-0.3, -0.25) is 9.59 Å². The maximum absolute atomic E-state index is 12.2. The second kappa shape index (κ2) is 11.3. The molecule has 154 valence electrons. The van der Waals surface area contributed by atoms with Gasteiger partial charge in [0.15, 0.2) is 5.96 Å². The summed E-state index contributed by atoms with van der Waals surface area (Å²) >= 11 is 0. The summed E-state index contributed by atoms with van der Waals surface area (Å²) in [6.07, 6.45) is 2.68. The Hall–Kier alpha value is -2.57.